The number of halogens is 2. The number of nitrogens with zero attached hydrogens (tertiary/aromatic N) is 4. The van der Waals surface area contributed by atoms with E-state index in [2.05, 4.69) is 41.9 Å². The maximum Gasteiger partial charge on any atom is 0.249 e. The minimum Gasteiger partial charge on any atom is -0.472 e. The fraction of sp³-hybridized carbons (Fsp3) is 0.258. The van der Waals surface area contributed by atoms with Crippen molar-refractivity contribution in [1.29, 1.82) is 0 Å². The Kier molecular flexibility index (Phi) is 7.80. The molecule has 1 atom stereocenters. The molecule has 43 heavy (non-hydrogen) atoms. The third-order valence-corrected chi connectivity index (χ3v) is 8.59. The minimum absolute atomic E-state index is 0.0942. The second-order valence-electron chi connectivity index (χ2n) is 11.4. The highest BCUT2D eigenvalue weighted by Crippen LogP contribution is 2.49. The van der Waals surface area contributed by atoms with Gasteiger partial charge in [-0.3, -0.25) is 9.59 Å². The van der Waals surface area contributed by atoms with E-state index < -0.39 is 11.6 Å². The predicted octanol–water partition coefficient (Wildman–Crippen LogP) is 5.74. The number of hydrogen-bond acceptors (Lipinski definition) is 7. The second kappa shape index (κ2) is 11.6. The number of amides is 2. The molecule has 1 unspecified atom stereocenters. The molecule has 6 rings (SSSR count). The minimum atomic E-state index is -0.739. The highest BCUT2D eigenvalue weighted by Gasteiger charge is 2.35. The van der Waals surface area contributed by atoms with Crippen LogP contribution in [0, 0.1) is 0 Å². The van der Waals surface area contributed by atoms with Crippen molar-refractivity contribution >= 4 is 45.0 Å². The zero-order valence-electron chi connectivity index (χ0n) is 23.5. The van der Waals surface area contributed by atoms with E-state index in [1.54, 1.807) is 37.3 Å². The van der Waals surface area contributed by atoms with E-state index in [0.29, 0.717) is 23.7 Å². The zero-order chi connectivity index (χ0) is 30.3. The fourth-order valence-corrected chi connectivity index (χ4v) is 6.65. The number of H-pyrrole nitrogens is 1. The van der Waals surface area contributed by atoms with Crippen LogP contribution in [0.25, 0.3) is 33.6 Å². The van der Waals surface area contributed by atoms with Gasteiger partial charge in [-0.05, 0) is 99.6 Å². The maximum absolute atomic E-state index is 14.3. The highest BCUT2D eigenvalue weighted by atomic mass is 79.9. The molecular formula is C31H29BrClN7O3. The van der Waals surface area contributed by atoms with Crippen LogP contribution in [-0.2, 0) is 22.6 Å². The van der Waals surface area contributed by atoms with Crippen LogP contribution in [0.1, 0.15) is 37.8 Å². The first-order valence-electron chi connectivity index (χ1n) is 13.8. The monoisotopic (exact) mass is 661 g/mol. The number of aromatic nitrogens is 4. The van der Waals surface area contributed by atoms with Crippen LogP contribution in [0.15, 0.2) is 69.9 Å². The summed E-state index contributed by atoms with van der Waals surface area (Å²) in [6.45, 7) is 3.78. The Balaban J connectivity index is 1.49. The number of hydrogen-bond donors (Lipinski definition) is 3. The first-order valence-corrected chi connectivity index (χ1v) is 15.0. The molecule has 3 aliphatic rings. The van der Waals surface area contributed by atoms with Gasteiger partial charge in [0.25, 0.3) is 0 Å². The van der Waals surface area contributed by atoms with Gasteiger partial charge in [0.05, 0.1) is 19.1 Å². The molecule has 10 nitrogen and oxygen atoms in total. The third-order valence-electron chi connectivity index (χ3n) is 7.54. The Morgan fingerprint density at radius 1 is 1.19 bits per heavy atom. The molecule has 4 N–H and O–H groups in total. The number of benzene rings is 2. The molecule has 3 aromatic rings. The smallest absolute Gasteiger partial charge is 0.249 e. The number of aryl methyl sites for hydroxylation is 1. The van der Waals surface area contributed by atoms with Crippen molar-refractivity contribution in [3.8, 4) is 33.6 Å². The van der Waals surface area contributed by atoms with Crippen LogP contribution >= 0.6 is 27.5 Å². The van der Waals surface area contributed by atoms with Crippen LogP contribution in [0.3, 0.4) is 0 Å². The van der Waals surface area contributed by atoms with Crippen LogP contribution in [-0.4, -0.2) is 44.0 Å². The standard InChI is InChI=1S/C31H29BrClN7O3/c1-31(2,34)14-26(41)35-24-9-7-17-13-18(33)8-10-25(17)40(30(24)42)15-22-19-11-12-43-16-23(19)28(32)27(22)20-5-3-4-6-21(20)29-36-38-39-37-29/h3-6,8,10-13,16,24H,7,9,14-15,34H2,1-2H3,(H,35,41)(H,36,37,38,39). The summed E-state index contributed by atoms with van der Waals surface area (Å²) in [6.07, 6.45) is 4.38. The van der Waals surface area contributed by atoms with Gasteiger partial charge >= 0.3 is 0 Å². The average Bonchev–Trinajstić information content (AvgIpc) is 3.57. The Hall–Kier alpha value is -4.06. The van der Waals surface area contributed by atoms with Gasteiger partial charge < -0.3 is 20.4 Å². The number of carbonyl (C=O) groups is 2. The molecule has 0 saturated carbocycles. The largest absolute Gasteiger partial charge is 0.472 e. The lowest BCUT2D eigenvalue weighted by molar-refractivity contribution is -0.128. The summed E-state index contributed by atoms with van der Waals surface area (Å²) in [5, 5.41) is 18.1. The van der Waals surface area contributed by atoms with Crippen LogP contribution in [0.4, 0.5) is 5.69 Å². The number of carbonyl (C=O) groups excluding carboxylic acids is 2. The average molecular weight is 663 g/mol. The van der Waals surface area contributed by atoms with Gasteiger partial charge in [-0.25, -0.2) is 5.10 Å². The molecule has 2 aromatic carbocycles. The highest BCUT2D eigenvalue weighted by molar-refractivity contribution is 9.10. The summed E-state index contributed by atoms with van der Waals surface area (Å²) in [7, 11) is 0. The number of anilines is 1. The van der Waals surface area contributed by atoms with Crippen molar-refractivity contribution in [1.82, 2.24) is 25.9 Å². The predicted molar refractivity (Wildman–Crippen MR) is 167 cm³/mol. The summed E-state index contributed by atoms with van der Waals surface area (Å²) >= 11 is 10.2. The molecule has 0 bridgehead atoms. The van der Waals surface area contributed by atoms with Crippen LogP contribution in [0.5, 0.6) is 0 Å². The van der Waals surface area contributed by atoms with Crippen molar-refractivity contribution in [3.05, 3.63) is 81.7 Å². The van der Waals surface area contributed by atoms with Gasteiger partial charge in [0.2, 0.25) is 11.8 Å². The van der Waals surface area contributed by atoms with Gasteiger partial charge in [0.15, 0.2) is 5.82 Å². The summed E-state index contributed by atoms with van der Waals surface area (Å²) in [4.78, 5) is 29.0. The number of aromatic amines is 1. The summed E-state index contributed by atoms with van der Waals surface area (Å²) in [6, 6.07) is 14.5. The molecule has 0 saturated heterocycles. The zero-order valence-corrected chi connectivity index (χ0v) is 25.9. The molecule has 1 aliphatic carbocycles. The SMILES string of the molecule is CC(C)(N)CC(=O)NC1CCc2cc(Cl)ccc2N(Cc2c3ccocc-3c(Br)c2-c2ccccc2-c2nnn[nH]2)C1=O. The van der Waals surface area contributed by atoms with E-state index in [4.69, 9.17) is 21.8 Å². The number of rotatable bonds is 7. The van der Waals surface area contributed by atoms with Gasteiger partial charge in [0.1, 0.15) is 6.04 Å². The van der Waals surface area contributed by atoms with E-state index in [1.165, 1.54) is 0 Å². The lowest BCUT2D eigenvalue weighted by atomic mass is 9.97. The Bertz CT molecular complexity index is 1780. The van der Waals surface area contributed by atoms with Crippen molar-refractivity contribution in [2.24, 2.45) is 5.73 Å². The van der Waals surface area contributed by atoms with Gasteiger partial charge in [-0.2, -0.15) is 0 Å². The topological polar surface area (TPSA) is 143 Å². The maximum atomic E-state index is 14.3. The molecule has 0 fully saturated rings. The Morgan fingerprint density at radius 3 is 2.72 bits per heavy atom. The van der Waals surface area contributed by atoms with Crippen molar-refractivity contribution in [2.75, 3.05) is 4.90 Å². The molecule has 2 amide bonds. The van der Waals surface area contributed by atoms with Crippen molar-refractivity contribution in [2.45, 2.75) is 51.2 Å². The molecular weight excluding hydrogens is 634 g/mol. The number of fused-ring (bicyclic) bond motifs is 2. The molecule has 0 spiro atoms. The number of nitrogens with two attached hydrogens (primary N) is 1. The number of nitrogens with one attached hydrogen (secondary N) is 2. The van der Waals surface area contributed by atoms with E-state index in [-0.39, 0.29) is 24.8 Å². The molecule has 12 heteroatoms. The normalized spacial score (nSPS) is 15.4. The van der Waals surface area contributed by atoms with E-state index in [0.717, 1.165) is 49.1 Å². The molecule has 1 aromatic heterocycles. The van der Waals surface area contributed by atoms with Crippen LogP contribution < -0.4 is 16.0 Å². The first-order chi connectivity index (χ1) is 20.6. The molecule has 220 valence electrons. The van der Waals surface area contributed by atoms with Gasteiger partial charge in [0, 0.05) is 43.8 Å². The van der Waals surface area contributed by atoms with E-state index in [1.807, 2.05) is 42.5 Å². The third kappa shape index (κ3) is 5.80. The summed E-state index contributed by atoms with van der Waals surface area (Å²) in [5.41, 5.74) is 12.3. The number of tetrazole rings is 1. The Morgan fingerprint density at radius 2 is 1.98 bits per heavy atom. The molecule has 2 aliphatic heterocycles. The fourth-order valence-electron chi connectivity index (χ4n) is 5.69. The quantitative estimate of drug-likeness (QED) is 0.202. The lowest BCUT2D eigenvalue weighted by Crippen LogP contribution is -2.50. The Labute approximate surface area is 261 Å². The lowest BCUT2D eigenvalue weighted by Gasteiger charge is -2.28. The summed E-state index contributed by atoms with van der Waals surface area (Å²) in [5.74, 6) is 0.0297. The first kappa shape index (κ1) is 29.0. The summed E-state index contributed by atoms with van der Waals surface area (Å²) < 4.78 is 6.37. The van der Waals surface area contributed by atoms with Crippen LogP contribution in [0.2, 0.25) is 5.02 Å². The van der Waals surface area contributed by atoms with Gasteiger partial charge in [-0.15, -0.1) is 5.10 Å². The van der Waals surface area contributed by atoms with Gasteiger partial charge in [-0.1, -0.05) is 35.9 Å². The van der Waals surface area contributed by atoms with E-state index >= 15 is 0 Å². The molecule has 3 heterocycles. The van der Waals surface area contributed by atoms with E-state index in [9.17, 15) is 9.59 Å². The van der Waals surface area contributed by atoms with Crippen molar-refractivity contribution in [3.63, 3.8) is 0 Å². The van der Waals surface area contributed by atoms with Crippen molar-refractivity contribution < 1.29 is 14.0 Å². The second-order valence-corrected chi connectivity index (χ2v) is 12.6. The molecule has 0 radical (unpaired) electrons.